The van der Waals surface area contributed by atoms with E-state index >= 15 is 0 Å². The van der Waals surface area contributed by atoms with Gasteiger partial charge in [0.15, 0.2) is 6.61 Å². The number of rotatable bonds is 7. The summed E-state index contributed by atoms with van der Waals surface area (Å²) >= 11 is 0. The molecule has 23 heavy (non-hydrogen) atoms. The van der Waals surface area contributed by atoms with Gasteiger partial charge in [-0.15, -0.1) is 12.4 Å². The van der Waals surface area contributed by atoms with Crippen molar-refractivity contribution in [3.05, 3.63) is 24.3 Å². The third-order valence-corrected chi connectivity index (χ3v) is 3.60. The molecular weight excluding hydrogens is 318 g/mol. The molecule has 1 heterocycles. The van der Waals surface area contributed by atoms with Gasteiger partial charge in [0, 0.05) is 13.1 Å². The van der Waals surface area contributed by atoms with Gasteiger partial charge >= 0.3 is 0 Å². The summed E-state index contributed by atoms with van der Waals surface area (Å²) in [6.45, 7) is 3.10. The highest BCUT2D eigenvalue weighted by molar-refractivity contribution is 5.97. The molecule has 1 aromatic carbocycles. The maximum Gasteiger partial charge on any atom is 0.265 e. The topological polar surface area (TPSA) is 84.7 Å². The summed E-state index contributed by atoms with van der Waals surface area (Å²) in [6.07, 6.45) is 2.24. The van der Waals surface area contributed by atoms with Gasteiger partial charge in [0.25, 0.3) is 5.91 Å². The van der Waals surface area contributed by atoms with Crippen LogP contribution in [0, 0.1) is 0 Å². The summed E-state index contributed by atoms with van der Waals surface area (Å²) in [4.78, 5) is 25.4. The molecule has 7 heteroatoms. The van der Waals surface area contributed by atoms with Crippen molar-refractivity contribution < 1.29 is 14.3 Å². The largest absolute Gasteiger partial charge is 0.482 e. The lowest BCUT2D eigenvalue weighted by Gasteiger charge is -2.29. The first-order valence-electron chi connectivity index (χ1n) is 7.69. The van der Waals surface area contributed by atoms with Crippen LogP contribution in [0.25, 0.3) is 0 Å². The van der Waals surface area contributed by atoms with Crippen LogP contribution < -0.4 is 20.7 Å². The van der Waals surface area contributed by atoms with Crippen molar-refractivity contribution in [3.8, 4) is 5.75 Å². The zero-order valence-corrected chi connectivity index (χ0v) is 14.1. The van der Waals surface area contributed by atoms with E-state index in [4.69, 9.17) is 10.5 Å². The highest BCUT2D eigenvalue weighted by atomic mass is 35.5. The van der Waals surface area contributed by atoms with Crippen molar-refractivity contribution in [3.63, 3.8) is 0 Å². The van der Waals surface area contributed by atoms with Crippen molar-refractivity contribution in [1.29, 1.82) is 0 Å². The van der Waals surface area contributed by atoms with Crippen molar-refractivity contribution in [2.24, 2.45) is 5.73 Å². The molecule has 3 N–H and O–H groups in total. The van der Waals surface area contributed by atoms with E-state index in [0.717, 1.165) is 17.9 Å². The molecule has 1 aromatic rings. The first kappa shape index (κ1) is 19.3. The minimum Gasteiger partial charge on any atom is -0.482 e. The molecule has 0 bridgehead atoms. The van der Waals surface area contributed by atoms with Gasteiger partial charge in [0.05, 0.1) is 11.7 Å². The molecule has 0 aliphatic carbocycles. The molecule has 128 valence electrons. The molecule has 0 radical (unpaired) electrons. The number of nitrogens with zero attached hydrogens (tertiary/aromatic N) is 1. The van der Waals surface area contributed by atoms with Gasteiger partial charge in [-0.3, -0.25) is 9.59 Å². The number of carbonyl (C=O) groups is 2. The number of para-hydroxylation sites is 2. The van der Waals surface area contributed by atoms with E-state index in [1.54, 1.807) is 4.90 Å². The van der Waals surface area contributed by atoms with E-state index in [1.807, 2.05) is 31.2 Å². The number of hydrogen-bond acceptors (Lipinski definition) is 4. The molecule has 2 amide bonds. The number of amides is 2. The molecule has 0 spiro atoms. The average molecular weight is 342 g/mol. The third-order valence-electron chi connectivity index (χ3n) is 3.60. The second-order valence-corrected chi connectivity index (χ2v) is 5.34. The Balaban J connectivity index is 0.00000264. The molecule has 0 saturated carbocycles. The fourth-order valence-corrected chi connectivity index (χ4v) is 2.42. The summed E-state index contributed by atoms with van der Waals surface area (Å²) in [6, 6.07) is 7.01. The SMILES string of the molecule is CCCC(N)C(=O)NCCCN1C(=O)COc2ccccc21.Cl. The van der Waals surface area contributed by atoms with Crippen LogP contribution in [-0.4, -0.2) is 37.6 Å². The highest BCUT2D eigenvalue weighted by Crippen LogP contribution is 2.31. The lowest BCUT2D eigenvalue weighted by atomic mass is 10.1. The van der Waals surface area contributed by atoms with E-state index in [-0.39, 0.29) is 30.8 Å². The van der Waals surface area contributed by atoms with Crippen LogP contribution in [-0.2, 0) is 9.59 Å². The molecule has 0 fully saturated rings. The molecule has 6 nitrogen and oxygen atoms in total. The Kier molecular flexibility index (Phi) is 7.85. The van der Waals surface area contributed by atoms with Crippen LogP contribution >= 0.6 is 12.4 Å². The molecule has 1 aliphatic rings. The number of anilines is 1. The molecule has 1 aliphatic heterocycles. The van der Waals surface area contributed by atoms with E-state index in [0.29, 0.717) is 25.9 Å². The number of carbonyl (C=O) groups excluding carboxylic acids is 2. The van der Waals surface area contributed by atoms with Crippen molar-refractivity contribution in [2.45, 2.75) is 32.2 Å². The summed E-state index contributed by atoms with van der Waals surface area (Å²) in [5.41, 5.74) is 6.53. The van der Waals surface area contributed by atoms with Crippen LogP contribution in [0.2, 0.25) is 0 Å². The highest BCUT2D eigenvalue weighted by Gasteiger charge is 2.24. The fourth-order valence-electron chi connectivity index (χ4n) is 2.42. The second-order valence-electron chi connectivity index (χ2n) is 5.34. The predicted octanol–water partition coefficient (Wildman–Crippen LogP) is 1.47. The lowest BCUT2D eigenvalue weighted by Crippen LogP contribution is -2.43. The van der Waals surface area contributed by atoms with Gasteiger partial charge in [-0.05, 0) is 25.0 Å². The Bertz CT molecular complexity index is 539. The summed E-state index contributed by atoms with van der Waals surface area (Å²) in [7, 11) is 0. The smallest absolute Gasteiger partial charge is 0.265 e. The number of ether oxygens (including phenoxy) is 1. The van der Waals surface area contributed by atoms with Crippen molar-refractivity contribution >= 4 is 29.9 Å². The summed E-state index contributed by atoms with van der Waals surface area (Å²) < 4.78 is 5.39. The predicted molar refractivity (Wildman–Crippen MR) is 92.0 cm³/mol. The summed E-state index contributed by atoms with van der Waals surface area (Å²) in [5, 5.41) is 2.81. The van der Waals surface area contributed by atoms with Crippen molar-refractivity contribution in [2.75, 3.05) is 24.6 Å². The normalized spacial score (nSPS) is 14.3. The van der Waals surface area contributed by atoms with Gasteiger partial charge < -0.3 is 20.7 Å². The fraction of sp³-hybridized carbons (Fsp3) is 0.500. The van der Waals surface area contributed by atoms with Gasteiger partial charge in [0.2, 0.25) is 5.91 Å². The molecule has 1 unspecified atom stereocenters. The Hall–Kier alpha value is -1.79. The Morgan fingerprint density at radius 2 is 2.17 bits per heavy atom. The Morgan fingerprint density at radius 3 is 2.91 bits per heavy atom. The third kappa shape index (κ3) is 5.11. The standard InChI is InChI=1S/C16H23N3O3.ClH/c1-2-6-12(17)16(21)18-9-5-10-19-13-7-3-4-8-14(13)22-11-15(19)20;/h3-4,7-8,12H,2,5-6,9-11,17H2,1H3,(H,18,21);1H. The van der Waals surface area contributed by atoms with Gasteiger partial charge in [-0.1, -0.05) is 25.5 Å². The maximum absolute atomic E-state index is 12.0. The van der Waals surface area contributed by atoms with Gasteiger partial charge in [-0.2, -0.15) is 0 Å². The van der Waals surface area contributed by atoms with E-state index < -0.39 is 6.04 Å². The molecule has 1 atom stereocenters. The van der Waals surface area contributed by atoms with Crippen LogP contribution in [0.4, 0.5) is 5.69 Å². The van der Waals surface area contributed by atoms with E-state index in [1.165, 1.54) is 0 Å². The number of nitrogens with one attached hydrogen (secondary N) is 1. The zero-order valence-electron chi connectivity index (χ0n) is 13.3. The van der Waals surface area contributed by atoms with Gasteiger partial charge in [-0.25, -0.2) is 0 Å². The second kappa shape index (κ2) is 9.37. The molecule has 0 saturated heterocycles. The first-order valence-corrected chi connectivity index (χ1v) is 7.69. The summed E-state index contributed by atoms with van der Waals surface area (Å²) in [5.74, 6) is 0.527. The van der Waals surface area contributed by atoms with Crippen LogP contribution in [0.3, 0.4) is 0 Å². The average Bonchev–Trinajstić information content (AvgIpc) is 2.53. The van der Waals surface area contributed by atoms with E-state index in [9.17, 15) is 9.59 Å². The Morgan fingerprint density at radius 1 is 1.43 bits per heavy atom. The maximum atomic E-state index is 12.0. The van der Waals surface area contributed by atoms with Crippen molar-refractivity contribution in [1.82, 2.24) is 5.32 Å². The van der Waals surface area contributed by atoms with Crippen LogP contribution in [0.1, 0.15) is 26.2 Å². The van der Waals surface area contributed by atoms with Gasteiger partial charge in [0.1, 0.15) is 5.75 Å². The molecule has 0 aromatic heterocycles. The lowest BCUT2D eigenvalue weighted by molar-refractivity contribution is -0.122. The van der Waals surface area contributed by atoms with E-state index in [2.05, 4.69) is 5.32 Å². The molecule has 2 rings (SSSR count). The minimum absolute atomic E-state index is 0. The number of fused-ring (bicyclic) bond motifs is 1. The number of halogens is 1. The Labute approximate surface area is 142 Å². The molecular formula is C16H24ClN3O3. The first-order chi connectivity index (χ1) is 10.6. The number of hydrogen-bond donors (Lipinski definition) is 2. The number of benzene rings is 1. The minimum atomic E-state index is -0.448. The van der Waals surface area contributed by atoms with Crippen LogP contribution in [0.5, 0.6) is 5.75 Å². The monoisotopic (exact) mass is 341 g/mol. The number of nitrogens with two attached hydrogens (primary N) is 1. The van der Waals surface area contributed by atoms with Crippen LogP contribution in [0.15, 0.2) is 24.3 Å². The quantitative estimate of drug-likeness (QED) is 0.735. The zero-order chi connectivity index (χ0) is 15.9.